The molecule has 156 valence electrons. The molecule has 0 aliphatic rings. The molecule has 2 aromatic carbocycles. The van der Waals surface area contributed by atoms with Crippen LogP contribution in [0.25, 0.3) is 0 Å². The lowest BCUT2D eigenvalue weighted by atomic mass is 10.1. The Labute approximate surface area is 180 Å². The first-order valence-electron chi connectivity index (χ1n) is 9.99. The number of carbonyl (C=O) groups is 2. The van der Waals surface area contributed by atoms with Gasteiger partial charge < -0.3 is 10.6 Å². The number of nitrogens with one attached hydrogen (secondary N) is 3. The molecule has 0 unspecified atom stereocenters. The SMILES string of the molecule is CCCCc1ccc(NC(=O)Cc2csc(NC(=O)Nc3cccc(C)c3)n2)cc1. The Balaban J connectivity index is 1.48. The Kier molecular flexibility index (Phi) is 7.57. The van der Waals surface area contributed by atoms with Crippen LogP contribution in [0.1, 0.15) is 36.6 Å². The smallest absolute Gasteiger partial charge is 0.325 e. The summed E-state index contributed by atoms with van der Waals surface area (Å²) >= 11 is 1.29. The lowest BCUT2D eigenvalue weighted by Gasteiger charge is -2.06. The van der Waals surface area contributed by atoms with Gasteiger partial charge in [0.1, 0.15) is 0 Å². The zero-order valence-electron chi connectivity index (χ0n) is 17.2. The van der Waals surface area contributed by atoms with Crippen LogP contribution in [0.5, 0.6) is 0 Å². The third-order valence-corrected chi connectivity index (χ3v) is 5.25. The molecule has 0 aliphatic heterocycles. The summed E-state index contributed by atoms with van der Waals surface area (Å²) in [5, 5.41) is 10.6. The fourth-order valence-electron chi connectivity index (χ4n) is 2.93. The van der Waals surface area contributed by atoms with Crippen molar-refractivity contribution in [1.82, 2.24) is 4.98 Å². The Hall–Kier alpha value is -3.19. The maximum Gasteiger partial charge on any atom is 0.325 e. The number of amides is 3. The van der Waals surface area contributed by atoms with Gasteiger partial charge in [-0.25, -0.2) is 9.78 Å². The fourth-order valence-corrected chi connectivity index (χ4v) is 3.64. The van der Waals surface area contributed by atoms with Crippen molar-refractivity contribution in [3.63, 3.8) is 0 Å². The number of anilines is 3. The minimum absolute atomic E-state index is 0.141. The average Bonchev–Trinajstić information content (AvgIpc) is 3.13. The molecule has 0 radical (unpaired) electrons. The van der Waals surface area contributed by atoms with E-state index in [1.165, 1.54) is 16.9 Å². The first-order chi connectivity index (χ1) is 14.5. The van der Waals surface area contributed by atoms with Gasteiger partial charge in [-0.15, -0.1) is 11.3 Å². The number of aromatic nitrogens is 1. The highest BCUT2D eigenvalue weighted by Gasteiger charge is 2.10. The number of rotatable bonds is 8. The molecule has 0 fully saturated rings. The number of urea groups is 1. The summed E-state index contributed by atoms with van der Waals surface area (Å²) < 4.78 is 0. The molecule has 3 N–H and O–H groups in total. The molecule has 0 atom stereocenters. The van der Waals surface area contributed by atoms with Crippen molar-refractivity contribution in [3.8, 4) is 0 Å². The second kappa shape index (κ2) is 10.5. The van der Waals surface area contributed by atoms with Crippen molar-refractivity contribution in [2.24, 2.45) is 0 Å². The van der Waals surface area contributed by atoms with Crippen molar-refractivity contribution in [1.29, 1.82) is 0 Å². The standard InChI is InChI=1S/C23H26N4O2S/c1-3-4-7-17-9-11-18(12-10-17)24-21(28)14-20-15-30-23(26-20)27-22(29)25-19-8-5-6-16(2)13-19/h5-6,8-13,15H,3-4,7,14H2,1-2H3,(H,24,28)(H2,25,26,27,29). The van der Waals surface area contributed by atoms with Crippen LogP contribution in [-0.2, 0) is 17.6 Å². The van der Waals surface area contributed by atoms with Gasteiger partial charge in [-0.3, -0.25) is 10.1 Å². The highest BCUT2D eigenvalue weighted by molar-refractivity contribution is 7.14. The number of benzene rings is 2. The van der Waals surface area contributed by atoms with Gasteiger partial charge in [0.05, 0.1) is 12.1 Å². The van der Waals surface area contributed by atoms with Crippen LogP contribution in [0.4, 0.5) is 21.3 Å². The van der Waals surface area contributed by atoms with E-state index in [0.717, 1.165) is 30.5 Å². The van der Waals surface area contributed by atoms with Gasteiger partial charge in [0.15, 0.2) is 5.13 Å². The minimum Gasteiger partial charge on any atom is -0.326 e. The van der Waals surface area contributed by atoms with E-state index in [9.17, 15) is 9.59 Å². The molecular weight excluding hydrogens is 396 g/mol. The average molecular weight is 423 g/mol. The quantitative estimate of drug-likeness (QED) is 0.441. The molecule has 30 heavy (non-hydrogen) atoms. The second-order valence-electron chi connectivity index (χ2n) is 7.12. The van der Waals surface area contributed by atoms with E-state index in [2.05, 4.69) is 27.9 Å². The van der Waals surface area contributed by atoms with E-state index in [1.54, 1.807) is 5.38 Å². The molecule has 0 bridgehead atoms. The van der Waals surface area contributed by atoms with Crippen LogP contribution < -0.4 is 16.0 Å². The first kappa shape index (κ1) is 21.5. The Bertz CT molecular complexity index is 998. The van der Waals surface area contributed by atoms with Crippen LogP contribution >= 0.6 is 11.3 Å². The van der Waals surface area contributed by atoms with E-state index >= 15 is 0 Å². The normalized spacial score (nSPS) is 10.5. The van der Waals surface area contributed by atoms with E-state index in [1.807, 2.05) is 55.5 Å². The Morgan fingerprint density at radius 3 is 2.53 bits per heavy atom. The monoisotopic (exact) mass is 422 g/mol. The predicted molar refractivity (Wildman–Crippen MR) is 123 cm³/mol. The summed E-state index contributed by atoms with van der Waals surface area (Å²) in [6.07, 6.45) is 3.53. The van der Waals surface area contributed by atoms with Gasteiger partial charge in [0.25, 0.3) is 0 Å². The fraction of sp³-hybridized carbons (Fsp3) is 0.261. The maximum absolute atomic E-state index is 12.3. The second-order valence-corrected chi connectivity index (χ2v) is 7.98. The van der Waals surface area contributed by atoms with Gasteiger partial charge in [0.2, 0.25) is 5.91 Å². The zero-order valence-corrected chi connectivity index (χ0v) is 18.0. The molecule has 0 saturated carbocycles. The largest absolute Gasteiger partial charge is 0.326 e. The summed E-state index contributed by atoms with van der Waals surface area (Å²) in [7, 11) is 0. The van der Waals surface area contributed by atoms with E-state index in [-0.39, 0.29) is 18.4 Å². The number of carbonyl (C=O) groups excluding carboxylic acids is 2. The third-order valence-electron chi connectivity index (χ3n) is 4.45. The number of aryl methyl sites for hydroxylation is 2. The van der Waals surface area contributed by atoms with Crippen LogP contribution in [-0.4, -0.2) is 16.9 Å². The molecule has 3 aromatic rings. The number of hydrogen-bond donors (Lipinski definition) is 3. The highest BCUT2D eigenvalue weighted by Crippen LogP contribution is 2.18. The topological polar surface area (TPSA) is 83.1 Å². The number of nitrogens with zero attached hydrogens (tertiary/aromatic N) is 1. The summed E-state index contributed by atoms with van der Waals surface area (Å²) in [5.41, 5.74) is 4.43. The van der Waals surface area contributed by atoms with E-state index in [4.69, 9.17) is 0 Å². The van der Waals surface area contributed by atoms with Gasteiger partial charge in [0, 0.05) is 16.8 Å². The van der Waals surface area contributed by atoms with Crippen molar-refractivity contribution < 1.29 is 9.59 Å². The van der Waals surface area contributed by atoms with Gasteiger partial charge >= 0.3 is 6.03 Å². The van der Waals surface area contributed by atoms with E-state index in [0.29, 0.717) is 16.5 Å². The number of thiazole rings is 1. The highest BCUT2D eigenvalue weighted by atomic mass is 32.1. The summed E-state index contributed by atoms with van der Waals surface area (Å²) in [6.45, 7) is 4.13. The van der Waals surface area contributed by atoms with Crippen molar-refractivity contribution in [3.05, 3.63) is 70.7 Å². The zero-order chi connectivity index (χ0) is 21.3. The molecule has 0 spiro atoms. The summed E-state index contributed by atoms with van der Waals surface area (Å²) in [4.78, 5) is 28.7. The number of unbranched alkanes of at least 4 members (excludes halogenated alkanes) is 1. The molecule has 3 rings (SSSR count). The van der Waals surface area contributed by atoms with Gasteiger partial charge in [-0.1, -0.05) is 37.6 Å². The predicted octanol–water partition coefficient (Wildman–Crippen LogP) is 5.62. The first-order valence-corrected chi connectivity index (χ1v) is 10.9. The molecule has 0 saturated heterocycles. The maximum atomic E-state index is 12.3. The minimum atomic E-state index is -0.367. The lowest BCUT2D eigenvalue weighted by Crippen LogP contribution is -2.19. The van der Waals surface area contributed by atoms with Crippen LogP contribution in [0.15, 0.2) is 53.9 Å². The van der Waals surface area contributed by atoms with Gasteiger partial charge in [-0.05, 0) is 55.2 Å². The molecule has 1 heterocycles. The molecule has 6 nitrogen and oxygen atoms in total. The molecular formula is C23H26N4O2S. The molecule has 7 heteroatoms. The van der Waals surface area contributed by atoms with Crippen LogP contribution in [0.3, 0.4) is 0 Å². The van der Waals surface area contributed by atoms with Crippen molar-refractivity contribution >= 4 is 39.8 Å². The summed E-state index contributed by atoms with van der Waals surface area (Å²) in [6, 6.07) is 15.1. The lowest BCUT2D eigenvalue weighted by molar-refractivity contribution is -0.115. The molecule has 0 aliphatic carbocycles. The Morgan fingerprint density at radius 1 is 1.00 bits per heavy atom. The van der Waals surface area contributed by atoms with Crippen LogP contribution in [0, 0.1) is 6.92 Å². The molecule has 3 amide bonds. The summed E-state index contributed by atoms with van der Waals surface area (Å²) in [5.74, 6) is -0.141. The third kappa shape index (κ3) is 6.70. The van der Waals surface area contributed by atoms with Gasteiger partial charge in [-0.2, -0.15) is 0 Å². The Morgan fingerprint density at radius 2 is 1.80 bits per heavy atom. The van der Waals surface area contributed by atoms with Crippen LogP contribution in [0.2, 0.25) is 0 Å². The number of hydrogen-bond acceptors (Lipinski definition) is 4. The van der Waals surface area contributed by atoms with Crippen molar-refractivity contribution in [2.45, 2.75) is 39.5 Å². The molecule has 1 aromatic heterocycles. The van der Waals surface area contributed by atoms with E-state index < -0.39 is 0 Å². The van der Waals surface area contributed by atoms with Crippen molar-refractivity contribution in [2.75, 3.05) is 16.0 Å².